The number of aryl methyl sites for hydroxylation is 3. The van der Waals surface area contributed by atoms with Gasteiger partial charge in [-0.1, -0.05) is 0 Å². The highest BCUT2D eigenvalue weighted by Gasteiger charge is 2.31. The number of hydrogen-bond donors (Lipinski definition) is 0. The molecule has 0 atom stereocenters. The maximum Gasteiger partial charge on any atom is 0.262 e. The third-order valence-corrected chi connectivity index (χ3v) is 5.81. The Morgan fingerprint density at radius 1 is 1.04 bits per heavy atom. The van der Waals surface area contributed by atoms with Gasteiger partial charge in [-0.25, -0.2) is 13.4 Å². The molecule has 0 radical (unpaired) electrons. The summed E-state index contributed by atoms with van der Waals surface area (Å²) < 4.78 is 28.5. The minimum atomic E-state index is -3.54. The van der Waals surface area contributed by atoms with Crippen LogP contribution in [0.1, 0.15) is 11.5 Å². The van der Waals surface area contributed by atoms with Gasteiger partial charge < -0.3 is 9.47 Å². The SMILES string of the molecule is Cc1ccc(N2CCN(S(=O)(=O)c3cn(C)c(C)n3)CC2)nn1. The summed E-state index contributed by atoms with van der Waals surface area (Å²) >= 11 is 0. The Morgan fingerprint density at radius 3 is 2.26 bits per heavy atom. The zero-order chi connectivity index (χ0) is 16.6. The summed E-state index contributed by atoms with van der Waals surface area (Å²) in [7, 11) is -1.75. The minimum absolute atomic E-state index is 0.112. The number of anilines is 1. The first kappa shape index (κ1) is 15.9. The summed E-state index contributed by atoms with van der Waals surface area (Å²) in [5, 5.41) is 8.31. The number of rotatable bonds is 3. The average molecular weight is 336 g/mol. The van der Waals surface area contributed by atoms with Gasteiger partial charge in [-0.3, -0.25) is 0 Å². The largest absolute Gasteiger partial charge is 0.352 e. The van der Waals surface area contributed by atoms with Gasteiger partial charge in [0.15, 0.2) is 10.8 Å². The number of piperazine rings is 1. The van der Waals surface area contributed by atoms with Gasteiger partial charge in [-0.05, 0) is 26.0 Å². The Kier molecular flexibility index (Phi) is 4.07. The third kappa shape index (κ3) is 3.06. The molecule has 9 heteroatoms. The molecule has 8 nitrogen and oxygen atoms in total. The Hall–Kier alpha value is -2.00. The molecule has 0 bridgehead atoms. The van der Waals surface area contributed by atoms with E-state index in [9.17, 15) is 8.42 Å². The van der Waals surface area contributed by atoms with E-state index in [0.717, 1.165) is 11.5 Å². The molecule has 3 rings (SSSR count). The molecule has 2 aromatic heterocycles. The topological polar surface area (TPSA) is 84.2 Å². The Morgan fingerprint density at radius 2 is 1.74 bits per heavy atom. The lowest BCUT2D eigenvalue weighted by Gasteiger charge is -2.33. The van der Waals surface area contributed by atoms with Crippen LogP contribution in [0, 0.1) is 13.8 Å². The standard InChI is InChI=1S/C14H20N6O2S/c1-11-4-5-13(17-16-11)19-6-8-20(9-7-19)23(21,22)14-10-18(3)12(2)15-14/h4-5,10H,6-9H2,1-3H3. The van der Waals surface area contributed by atoms with Crippen LogP contribution in [-0.2, 0) is 17.1 Å². The molecule has 1 fully saturated rings. The van der Waals surface area contributed by atoms with E-state index in [0.29, 0.717) is 32.0 Å². The molecule has 0 aliphatic carbocycles. The van der Waals surface area contributed by atoms with Crippen molar-refractivity contribution in [3.63, 3.8) is 0 Å². The summed E-state index contributed by atoms with van der Waals surface area (Å²) in [5.74, 6) is 1.46. The third-order valence-electron chi connectivity index (χ3n) is 4.04. The normalized spacial score (nSPS) is 16.7. The van der Waals surface area contributed by atoms with Crippen LogP contribution < -0.4 is 4.90 Å². The maximum atomic E-state index is 12.6. The van der Waals surface area contributed by atoms with Crippen molar-refractivity contribution in [2.75, 3.05) is 31.1 Å². The first-order chi connectivity index (χ1) is 10.9. The lowest BCUT2D eigenvalue weighted by Crippen LogP contribution is -2.49. The van der Waals surface area contributed by atoms with Gasteiger partial charge in [-0.15, -0.1) is 5.10 Å². The Bertz CT molecular complexity index is 772. The van der Waals surface area contributed by atoms with Crippen molar-refractivity contribution >= 4 is 15.8 Å². The fourth-order valence-electron chi connectivity index (χ4n) is 2.50. The molecule has 124 valence electrons. The second-order valence-electron chi connectivity index (χ2n) is 5.66. The predicted molar refractivity (Wildman–Crippen MR) is 85.7 cm³/mol. The number of sulfonamides is 1. The summed E-state index contributed by atoms with van der Waals surface area (Å²) in [4.78, 5) is 6.19. The van der Waals surface area contributed by atoms with Crippen molar-refractivity contribution in [2.45, 2.75) is 18.9 Å². The summed E-state index contributed by atoms with van der Waals surface area (Å²) in [5.41, 5.74) is 0.862. The smallest absolute Gasteiger partial charge is 0.262 e. The van der Waals surface area contributed by atoms with E-state index in [4.69, 9.17) is 0 Å². The monoisotopic (exact) mass is 336 g/mol. The zero-order valence-electron chi connectivity index (χ0n) is 13.5. The molecule has 1 saturated heterocycles. The molecular formula is C14H20N6O2S. The van der Waals surface area contributed by atoms with E-state index in [2.05, 4.69) is 15.2 Å². The fourth-order valence-corrected chi connectivity index (χ4v) is 3.95. The van der Waals surface area contributed by atoms with Crippen LogP contribution in [0.5, 0.6) is 0 Å². The minimum Gasteiger partial charge on any atom is -0.352 e. The van der Waals surface area contributed by atoms with Gasteiger partial charge in [0.05, 0.1) is 5.69 Å². The molecular weight excluding hydrogens is 316 g/mol. The lowest BCUT2D eigenvalue weighted by atomic mass is 10.3. The van der Waals surface area contributed by atoms with E-state index in [1.54, 1.807) is 24.7 Å². The second-order valence-corrected chi connectivity index (χ2v) is 7.55. The van der Waals surface area contributed by atoms with Gasteiger partial charge >= 0.3 is 0 Å². The van der Waals surface area contributed by atoms with Crippen LogP contribution >= 0.6 is 0 Å². The number of imidazole rings is 1. The Labute approximate surface area is 135 Å². The molecule has 1 aliphatic rings. The van der Waals surface area contributed by atoms with Crippen molar-refractivity contribution < 1.29 is 8.42 Å². The zero-order valence-corrected chi connectivity index (χ0v) is 14.3. The highest BCUT2D eigenvalue weighted by atomic mass is 32.2. The molecule has 0 spiro atoms. The van der Waals surface area contributed by atoms with Crippen molar-refractivity contribution in [3.8, 4) is 0 Å². The van der Waals surface area contributed by atoms with Crippen molar-refractivity contribution in [3.05, 3.63) is 29.8 Å². The van der Waals surface area contributed by atoms with E-state index in [-0.39, 0.29) is 5.03 Å². The van der Waals surface area contributed by atoms with Gasteiger partial charge in [0.2, 0.25) is 0 Å². The summed E-state index contributed by atoms with van der Waals surface area (Å²) in [6.07, 6.45) is 1.56. The molecule has 1 aliphatic heterocycles. The van der Waals surface area contributed by atoms with Crippen LogP contribution in [0.2, 0.25) is 0 Å². The summed E-state index contributed by atoms with van der Waals surface area (Å²) in [6.45, 7) is 5.66. The van der Waals surface area contributed by atoms with Gasteiger partial charge in [0.25, 0.3) is 10.0 Å². The van der Waals surface area contributed by atoms with E-state index in [1.165, 1.54) is 4.31 Å². The lowest BCUT2D eigenvalue weighted by molar-refractivity contribution is 0.382. The maximum absolute atomic E-state index is 12.6. The van der Waals surface area contributed by atoms with Crippen LogP contribution in [0.25, 0.3) is 0 Å². The first-order valence-corrected chi connectivity index (χ1v) is 8.87. The van der Waals surface area contributed by atoms with E-state index in [1.807, 2.05) is 24.0 Å². The second kappa shape index (κ2) is 5.89. The predicted octanol–water partition coefficient (Wildman–Crippen LogP) is 0.338. The molecule has 0 amide bonds. The number of nitrogens with zero attached hydrogens (tertiary/aromatic N) is 6. The first-order valence-electron chi connectivity index (χ1n) is 7.43. The highest BCUT2D eigenvalue weighted by molar-refractivity contribution is 7.89. The number of aromatic nitrogens is 4. The molecule has 23 heavy (non-hydrogen) atoms. The summed E-state index contributed by atoms with van der Waals surface area (Å²) in [6, 6.07) is 3.82. The van der Waals surface area contributed by atoms with Crippen molar-refractivity contribution in [1.29, 1.82) is 0 Å². The van der Waals surface area contributed by atoms with Crippen LogP contribution in [0.3, 0.4) is 0 Å². The molecule has 0 saturated carbocycles. The molecule has 3 heterocycles. The quantitative estimate of drug-likeness (QED) is 0.803. The average Bonchev–Trinajstić information content (AvgIpc) is 2.88. The van der Waals surface area contributed by atoms with Gasteiger partial charge in [0, 0.05) is 39.4 Å². The number of hydrogen-bond acceptors (Lipinski definition) is 6. The molecule has 2 aromatic rings. The molecule has 0 N–H and O–H groups in total. The van der Waals surface area contributed by atoms with E-state index >= 15 is 0 Å². The Balaban J connectivity index is 1.72. The van der Waals surface area contributed by atoms with Crippen molar-refractivity contribution in [2.24, 2.45) is 7.05 Å². The van der Waals surface area contributed by atoms with Crippen LogP contribution in [0.15, 0.2) is 23.4 Å². The molecule has 0 aromatic carbocycles. The van der Waals surface area contributed by atoms with Crippen molar-refractivity contribution in [1.82, 2.24) is 24.1 Å². The highest BCUT2D eigenvalue weighted by Crippen LogP contribution is 2.19. The molecule has 0 unspecified atom stereocenters. The van der Waals surface area contributed by atoms with E-state index < -0.39 is 10.0 Å². The van der Waals surface area contributed by atoms with Gasteiger partial charge in [-0.2, -0.15) is 9.40 Å². The van der Waals surface area contributed by atoms with Crippen LogP contribution in [-0.4, -0.2) is 58.7 Å². The fraction of sp³-hybridized carbons (Fsp3) is 0.500. The van der Waals surface area contributed by atoms with Crippen LogP contribution in [0.4, 0.5) is 5.82 Å². The van der Waals surface area contributed by atoms with Gasteiger partial charge in [0.1, 0.15) is 5.82 Å².